The Morgan fingerprint density at radius 3 is 2.18 bits per heavy atom. The minimum absolute atomic E-state index is 0.163. The number of anilines is 1. The van der Waals surface area contributed by atoms with Crippen molar-refractivity contribution < 1.29 is 4.79 Å². The van der Waals surface area contributed by atoms with E-state index in [1.807, 2.05) is 12.1 Å². The molecule has 0 radical (unpaired) electrons. The summed E-state index contributed by atoms with van der Waals surface area (Å²) in [5.41, 5.74) is 3.15. The van der Waals surface area contributed by atoms with E-state index in [0.717, 1.165) is 43.3 Å². The van der Waals surface area contributed by atoms with Crippen LogP contribution in [0.1, 0.15) is 18.9 Å². The van der Waals surface area contributed by atoms with Gasteiger partial charge in [0, 0.05) is 26.2 Å². The molecule has 2 aliphatic heterocycles. The van der Waals surface area contributed by atoms with Crippen molar-refractivity contribution in [3.63, 3.8) is 0 Å². The van der Waals surface area contributed by atoms with Gasteiger partial charge >= 0.3 is 0 Å². The van der Waals surface area contributed by atoms with Gasteiger partial charge in [-0.05, 0) is 24.1 Å². The molecule has 2 heterocycles. The number of thiol groups is 1. The molecule has 0 spiro atoms. The van der Waals surface area contributed by atoms with E-state index >= 15 is 0 Å². The second-order valence-corrected chi connectivity index (χ2v) is 5.92. The average molecular weight is 316 g/mol. The highest BCUT2D eigenvalue weighted by atomic mass is 32.1. The molecule has 6 heteroatoms. The van der Waals surface area contributed by atoms with E-state index in [4.69, 9.17) is 0 Å². The van der Waals surface area contributed by atoms with E-state index in [2.05, 4.69) is 46.6 Å². The average Bonchev–Trinajstić information content (AvgIpc) is 2.84. The second-order valence-electron chi connectivity index (χ2n) is 5.54. The molecule has 22 heavy (non-hydrogen) atoms. The number of hydrogen-bond donors (Lipinski definition) is 1. The smallest absolute Gasteiger partial charge is 0.278 e. The van der Waals surface area contributed by atoms with Crippen molar-refractivity contribution >= 4 is 23.8 Å². The molecule has 0 bridgehead atoms. The first-order chi connectivity index (χ1) is 10.7. The number of hydrogen-bond acceptors (Lipinski definition) is 4. The van der Waals surface area contributed by atoms with Crippen LogP contribution in [0.4, 0.5) is 10.7 Å². The Morgan fingerprint density at radius 2 is 1.68 bits per heavy atom. The van der Waals surface area contributed by atoms with Crippen molar-refractivity contribution in [2.75, 3.05) is 31.1 Å². The van der Waals surface area contributed by atoms with Crippen molar-refractivity contribution in [1.29, 1.82) is 0 Å². The molecule has 1 saturated heterocycles. The van der Waals surface area contributed by atoms with Crippen LogP contribution in [0.25, 0.3) is 11.4 Å². The third-order valence-corrected chi connectivity index (χ3v) is 4.27. The molecule has 0 N–H and O–H groups in total. The molecule has 3 rings (SSSR count). The van der Waals surface area contributed by atoms with E-state index in [9.17, 15) is 4.79 Å². The minimum Gasteiger partial charge on any atom is -0.337 e. The fourth-order valence-corrected chi connectivity index (χ4v) is 2.92. The zero-order valence-electron chi connectivity index (χ0n) is 12.7. The first kappa shape index (κ1) is 15.1. The van der Waals surface area contributed by atoms with Crippen LogP contribution in [0.5, 0.6) is 0 Å². The monoisotopic (exact) mass is 316 g/mol. The van der Waals surface area contributed by atoms with Gasteiger partial charge < -0.3 is 9.80 Å². The van der Waals surface area contributed by atoms with Crippen LogP contribution in [-0.2, 0) is 6.42 Å². The van der Waals surface area contributed by atoms with Crippen LogP contribution in [0.15, 0.2) is 24.3 Å². The molecule has 1 aliphatic carbocycles. The van der Waals surface area contributed by atoms with Crippen LogP contribution in [-0.4, -0.2) is 46.3 Å². The summed E-state index contributed by atoms with van der Waals surface area (Å²) < 4.78 is 0. The molecule has 0 aromatic carbocycles. The molecule has 0 aromatic rings. The van der Waals surface area contributed by atoms with E-state index < -0.39 is 0 Å². The zero-order chi connectivity index (χ0) is 15.5. The van der Waals surface area contributed by atoms with Gasteiger partial charge in [-0.15, -0.1) is 0 Å². The second kappa shape index (κ2) is 6.52. The molecule has 1 amide bonds. The lowest BCUT2D eigenvalue weighted by Gasteiger charge is -2.33. The van der Waals surface area contributed by atoms with Crippen molar-refractivity contribution in [2.24, 2.45) is 0 Å². The molecule has 0 saturated carbocycles. The van der Waals surface area contributed by atoms with Gasteiger partial charge in [0.15, 0.2) is 0 Å². The number of carbonyl (C=O) groups is 1. The SMILES string of the molecule is CCCc1ccc2nc(N3CCN(C(=O)S)CC3)nc-2cc1. The number of nitrogens with zero attached hydrogens (tertiary/aromatic N) is 4. The number of amides is 1. The number of carbonyl (C=O) groups excluding carboxylic acids is 1. The first-order valence-corrected chi connectivity index (χ1v) is 8.11. The topological polar surface area (TPSA) is 49.3 Å². The van der Waals surface area contributed by atoms with Gasteiger partial charge in [-0.25, -0.2) is 9.97 Å². The maximum absolute atomic E-state index is 11.2. The summed E-state index contributed by atoms with van der Waals surface area (Å²) in [5.74, 6) is 0.754. The van der Waals surface area contributed by atoms with Gasteiger partial charge in [0.05, 0.1) is 11.4 Å². The highest BCUT2D eigenvalue weighted by molar-refractivity contribution is 7.96. The molecule has 0 unspecified atom stereocenters. The molecule has 5 nitrogen and oxygen atoms in total. The highest BCUT2D eigenvalue weighted by Gasteiger charge is 2.22. The van der Waals surface area contributed by atoms with Gasteiger partial charge in [0.25, 0.3) is 5.24 Å². The van der Waals surface area contributed by atoms with Gasteiger partial charge in [-0.1, -0.05) is 38.1 Å². The quantitative estimate of drug-likeness (QED) is 0.885. The molecular weight excluding hydrogens is 296 g/mol. The lowest BCUT2D eigenvalue weighted by Crippen LogP contribution is -2.47. The Kier molecular flexibility index (Phi) is 4.47. The van der Waals surface area contributed by atoms with Gasteiger partial charge in [-0.2, -0.15) is 0 Å². The normalized spacial score (nSPS) is 15.4. The summed E-state index contributed by atoms with van der Waals surface area (Å²) in [6.07, 6.45) is 2.21. The van der Waals surface area contributed by atoms with Crippen LogP contribution in [0.3, 0.4) is 0 Å². The van der Waals surface area contributed by atoms with Crippen molar-refractivity contribution in [1.82, 2.24) is 14.9 Å². The minimum atomic E-state index is -0.163. The fourth-order valence-electron chi connectivity index (χ4n) is 2.72. The molecule has 116 valence electrons. The van der Waals surface area contributed by atoms with Crippen LogP contribution >= 0.6 is 12.6 Å². The van der Waals surface area contributed by atoms with Gasteiger partial charge in [0.2, 0.25) is 5.95 Å². The predicted molar refractivity (Wildman–Crippen MR) is 90.8 cm³/mol. The van der Waals surface area contributed by atoms with Crippen molar-refractivity contribution in [2.45, 2.75) is 19.8 Å². The standard InChI is InChI=1S/C16H20N4OS/c1-2-3-12-4-6-13-14(7-5-12)18-15(17-13)19-8-10-20(11-9-19)16(21)22/h4-7H,2-3,8-11H2,1H3,(H,21,22). The van der Waals surface area contributed by atoms with E-state index in [1.165, 1.54) is 5.56 Å². The summed E-state index contributed by atoms with van der Waals surface area (Å²) in [6, 6.07) is 8.35. The largest absolute Gasteiger partial charge is 0.337 e. The Labute approximate surface area is 136 Å². The molecular formula is C16H20N4OS. The number of rotatable bonds is 3. The lowest BCUT2D eigenvalue weighted by molar-refractivity contribution is 0.219. The summed E-state index contributed by atoms with van der Waals surface area (Å²) in [7, 11) is 0. The van der Waals surface area contributed by atoms with Crippen LogP contribution in [0.2, 0.25) is 0 Å². The molecule has 0 aromatic heterocycles. The number of imidazole rings is 1. The van der Waals surface area contributed by atoms with Crippen molar-refractivity contribution in [3.8, 4) is 11.4 Å². The Hall–Kier alpha value is -1.82. The lowest BCUT2D eigenvalue weighted by atomic mass is 10.2. The van der Waals surface area contributed by atoms with Crippen LogP contribution in [0, 0.1) is 0 Å². The Bertz CT molecular complexity index is 606. The Morgan fingerprint density at radius 1 is 1.09 bits per heavy atom. The summed E-state index contributed by atoms with van der Waals surface area (Å²) in [4.78, 5) is 24.4. The van der Waals surface area contributed by atoms with E-state index in [0.29, 0.717) is 13.1 Å². The number of fused-ring (bicyclic) bond motifs is 1. The maximum Gasteiger partial charge on any atom is 0.278 e. The predicted octanol–water partition coefficient (Wildman–Crippen LogP) is 2.71. The number of piperazine rings is 1. The van der Waals surface area contributed by atoms with Crippen molar-refractivity contribution in [3.05, 3.63) is 29.8 Å². The van der Waals surface area contributed by atoms with Crippen LogP contribution < -0.4 is 4.90 Å². The third-order valence-electron chi connectivity index (χ3n) is 3.99. The van der Waals surface area contributed by atoms with E-state index in [1.54, 1.807) is 4.90 Å². The van der Waals surface area contributed by atoms with Gasteiger partial charge in [0.1, 0.15) is 0 Å². The number of aryl methyl sites for hydroxylation is 1. The number of aromatic nitrogens is 2. The maximum atomic E-state index is 11.2. The van der Waals surface area contributed by atoms with E-state index in [-0.39, 0.29) is 5.24 Å². The summed E-state index contributed by atoms with van der Waals surface area (Å²) >= 11 is 3.87. The fraction of sp³-hybridized carbons (Fsp3) is 0.438. The molecule has 0 atom stereocenters. The molecule has 3 aliphatic rings. The summed E-state index contributed by atoms with van der Waals surface area (Å²) in [5, 5.41) is -0.163. The highest BCUT2D eigenvalue weighted by Crippen LogP contribution is 2.23. The molecule has 1 fully saturated rings. The zero-order valence-corrected chi connectivity index (χ0v) is 13.6. The third kappa shape index (κ3) is 3.16. The van der Waals surface area contributed by atoms with Gasteiger partial charge in [-0.3, -0.25) is 4.79 Å². The Balaban J connectivity index is 1.77. The summed E-state index contributed by atoms with van der Waals surface area (Å²) in [6.45, 7) is 5.01. The first-order valence-electron chi connectivity index (χ1n) is 7.67.